The van der Waals surface area contributed by atoms with Crippen LogP contribution in [-0.4, -0.2) is 38.7 Å². The molecule has 5 atom stereocenters. The highest BCUT2D eigenvalue weighted by Gasteiger charge is 2.62. The summed E-state index contributed by atoms with van der Waals surface area (Å²) in [6.45, 7) is 0.922. The average Bonchev–Trinajstić information content (AvgIpc) is 3.21. The first-order chi connectivity index (χ1) is 18.6. The van der Waals surface area contributed by atoms with Crippen LogP contribution in [0, 0.1) is 0 Å². The molecule has 0 unspecified atom stereocenters. The van der Waals surface area contributed by atoms with Crippen LogP contribution in [0.25, 0.3) is 0 Å². The maximum absolute atomic E-state index is 15.2. The van der Waals surface area contributed by atoms with Gasteiger partial charge in [0.2, 0.25) is 0 Å². The molecule has 5 nitrogen and oxygen atoms in total. The Morgan fingerprint density at radius 1 is 0.579 bits per heavy atom. The highest BCUT2D eigenvalue weighted by Crippen LogP contribution is 2.67. The average molecular weight is 525 g/mol. The summed E-state index contributed by atoms with van der Waals surface area (Å²) < 4.78 is 25.7. The van der Waals surface area contributed by atoms with E-state index < -0.39 is 19.9 Å². The van der Waals surface area contributed by atoms with E-state index in [4.69, 9.17) is 4.52 Å². The molecular formula is C32H33N2O3P. The predicted molar refractivity (Wildman–Crippen MR) is 150 cm³/mol. The van der Waals surface area contributed by atoms with Crippen molar-refractivity contribution in [3.05, 3.63) is 144 Å². The van der Waals surface area contributed by atoms with Gasteiger partial charge in [0.05, 0.1) is 18.2 Å². The van der Waals surface area contributed by atoms with Gasteiger partial charge in [0.25, 0.3) is 0 Å². The second-order valence-corrected chi connectivity index (χ2v) is 12.5. The third-order valence-electron chi connectivity index (χ3n) is 7.73. The summed E-state index contributed by atoms with van der Waals surface area (Å²) in [5, 5.41) is 11.9. The van der Waals surface area contributed by atoms with Crippen molar-refractivity contribution in [2.75, 3.05) is 0 Å². The van der Waals surface area contributed by atoms with Crippen molar-refractivity contribution in [1.29, 1.82) is 0 Å². The molecule has 2 aliphatic heterocycles. The predicted octanol–water partition coefficient (Wildman–Crippen LogP) is 6.09. The molecule has 0 amide bonds. The summed E-state index contributed by atoms with van der Waals surface area (Å²) in [7, 11) is -3.49. The number of aliphatic hydroxyl groups is 1. The Morgan fingerprint density at radius 3 is 1.39 bits per heavy atom. The molecular weight excluding hydrogens is 491 g/mol. The Balaban J connectivity index is 1.43. The van der Waals surface area contributed by atoms with Crippen molar-refractivity contribution < 1.29 is 14.2 Å². The van der Waals surface area contributed by atoms with Gasteiger partial charge in [-0.2, -0.15) is 0 Å². The van der Waals surface area contributed by atoms with E-state index in [1.165, 1.54) is 0 Å². The number of rotatable bonds is 8. The van der Waals surface area contributed by atoms with E-state index in [2.05, 4.69) is 41.1 Å². The first kappa shape index (κ1) is 25.2. The van der Waals surface area contributed by atoms with Gasteiger partial charge < -0.3 is 5.11 Å². The summed E-state index contributed by atoms with van der Waals surface area (Å²) in [5.41, 5.74) is 4.37. The maximum atomic E-state index is 15.2. The van der Waals surface area contributed by atoms with Gasteiger partial charge in [0, 0.05) is 13.1 Å². The summed E-state index contributed by atoms with van der Waals surface area (Å²) in [5.74, 6) is 0. The smallest absolute Gasteiger partial charge is 0.347 e. The van der Waals surface area contributed by atoms with E-state index in [1.807, 2.05) is 89.6 Å². The van der Waals surface area contributed by atoms with Crippen LogP contribution in [0.1, 0.15) is 22.3 Å². The largest absolute Gasteiger partial charge is 0.389 e. The standard InChI is InChI=1S/C32H33N2O3P/c35-31-29(21-25-13-5-1-6-14-25)33(23-27-17-9-3-10-18-27)38(36)34(24-28-19-11-4-12-20-28)30(32(31)37-38)22-26-15-7-2-8-16-26/h1-20,29-32,35H,21-24H2/t29-,30-,31+,32-,38-/m1/s1. The second-order valence-electron chi connectivity index (χ2n) is 10.2. The van der Waals surface area contributed by atoms with Crippen LogP contribution in [-0.2, 0) is 35.0 Å². The Labute approximate surface area is 224 Å². The van der Waals surface area contributed by atoms with Crippen molar-refractivity contribution in [3.63, 3.8) is 0 Å². The highest BCUT2D eigenvalue weighted by atomic mass is 31.2. The van der Waals surface area contributed by atoms with E-state index in [0.29, 0.717) is 25.9 Å². The monoisotopic (exact) mass is 524 g/mol. The van der Waals surface area contributed by atoms with Crippen molar-refractivity contribution in [3.8, 4) is 0 Å². The van der Waals surface area contributed by atoms with Gasteiger partial charge in [-0.15, -0.1) is 0 Å². The molecule has 2 saturated heterocycles. The molecule has 1 N–H and O–H groups in total. The van der Waals surface area contributed by atoms with Crippen molar-refractivity contribution in [2.24, 2.45) is 0 Å². The van der Waals surface area contributed by atoms with Crippen LogP contribution in [0.5, 0.6) is 0 Å². The Morgan fingerprint density at radius 2 is 0.947 bits per heavy atom. The molecule has 0 aliphatic carbocycles. The summed E-state index contributed by atoms with van der Waals surface area (Å²) in [4.78, 5) is 0. The zero-order chi connectivity index (χ0) is 26.0. The number of fused-ring (bicyclic) bond motifs is 2. The molecule has 38 heavy (non-hydrogen) atoms. The highest BCUT2D eigenvalue weighted by molar-refractivity contribution is 7.54. The molecule has 0 saturated carbocycles. The third kappa shape index (κ3) is 5.01. The fraction of sp³-hybridized carbons (Fsp3) is 0.250. The minimum Gasteiger partial charge on any atom is -0.389 e. The zero-order valence-corrected chi connectivity index (χ0v) is 22.2. The number of hydrogen-bond acceptors (Lipinski definition) is 3. The molecule has 2 aliphatic rings. The van der Waals surface area contributed by atoms with E-state index in [9.17, 15) is 5.11 Å². The molecule has 2 fully saturated rings. The Bertz CT molecular complexity index is 1330. The van der Waals surface area contributed by atoms with E-state index in [1.54, 1.807) is 0 Å². The van der Waals surface area contributed by atoms with Gasteiger partial charge in [0.1, 0.15) is 6.10 Å². The van der Waals surface area contributed by atoms with E-state index in [-0.39, 0.29) is 12.1 Å². The van der Waals surface area contributed by atoms with Gasteiger partial charge in [-0.25, -0.2) is 9.34 Å². The number of benzene rings is 4. The lowest BCUT2D eigenvalue weighted by Crippen LogP contribution is -2.53. The minimum absolute atomic E-state index is 0.225. The number of hydrogen-bond donors (Lipinski definition) is 1. The van der Waals surface area contributed by atoms with Crippen LogP contribution in [0.15, 0.2) is 121 Å². The summed E-state index contributed by atoms with van der Waals surface area (Å²) >= 11 is 0. The van der Waals surface area contributed by atoms with E-state index in [0.717, 1.165) is 22.3 Å². The third-order valence-corrected chi connectivity index (χ3v) is 10.4. The summed E-state index contributed by atoms with van der Waals surface area (Å²) in [6, 6.07) is 40.0. The van der Waals surface area contributed by atoms with Gasteiger partial charge in [-0.1, -0.05) is 121 Å². The van der Waals surface area contributed by atoms with Crippen LogP contribution >= 0.6 is 7.67 Å². The zero-order valence-electron chi connectivity index (χ0n) is 21.3. The molecule has 0 spiro atoms. The van der Waals surface area contributed by atoms with Crippen LogP contribution in [0.2, 0.25) is 0 Å². The van der Waals surface area contributed by atoms with Crippen molar-refractivity contribution >= 4 is 7.67 Å². The van der Waals surface area contributed by atoms with Gasteiger partial charge in [0.15, 0.2) is 0 Å². The lowest BCUT2D eigenvalue weighted by atomic mass is 9.91. The first-order valence-electron chi connectivity index (χ1n) is 13.3. The molecule has 194 valence electrons. The van der Waals surface area contributed by atoms with Crippen LogP contribution < -0.4 is 0 Å². The van der Waals surface area contributed by atoms with Gasteiger partial charge in [-0.3, -0.25) is 9.09 Å². The van der Waals surface area contributed by atoms with Gasteiger partial charge in [-0.05, 0) is 35.1 Å². The topological polar surface area (TPSA) is 53.0 Å². The fourth-order valence-electron chi connectivity index (χ4n) is 5.84. The van der Waals surface area contributed by atoms with Crippen molar-refractivity contribution in [1.82, 2.24) is 9.34 Å². The first-order valence-corrected chi connectivity index (χ1v) is 14.8. The number of nitrogens with zero attached hydrogens (tertiary/aromatic N) is 2. The normalized spacial score (nSPS) is 27.4. The molecule has 2 bridgehead atoms. The Kier molecular flexibility index (Phi) is 7.29. The van der Waals surface area contributed by atoms with Crippen molar-refractivity contribution in [2.45, 2.75) is 50.2 Å². The Hall–Kier alpha value is -3.05. The molecule has 4 aromatic carbocycles. The molecule has 0 radical (unpaired) electrons. The summed E-state index contributed by atoms with van der Waals surface area (Å²) in [6.07, 6.45) is -0.104. The minimum atomic E-state index is -3.49. The maximum Gasteiger partial charge on any atom is 0.347 e. The van der Waals surface area contributed by atoms with Crippen LogP contribution in [0.3, 0.4) is 0 Å². The van der Waals surface area contributed by atoms with E-state index >= 15 is 4.57 Å². The molecule has 6 heteroatoms. The SMILES string of the molecule is O=[P@@]12O[C@@H]([C@@H](O)[C@@H](Cc3ccccc3)N1Cc1ccccc1)[C@@H](Cc1ccccc1)N2Cc1ccccc1. The number of aliphatic hydroxyl groups excluding tert-OH is 1. The van der Waals surface area contributed by atoms with Gasteiger partial charge >= 0.3 is 7.67 Å². The molecule has 6 rings (SSSR count). The quantitative estimate of drug-likeness (QED) is 0.283. The molecule has 0 aromatic heterocycles. The lowest BCUT2D eigenvalue weighted by Gasteiger charge is -2.43. The van der Waals surface area contributed by atoms with Crippen LogP contribution in [0.4, 0.5) is 0 Å². The second kappa shape index (κ2) is 11.0. The molecule has 2 heterocycles. The fourth-order valence-corrected chi connectivity index (χ4v) is 8.82. The molecule has 4 aromatic rings. The lowest BCUT2D eigenvalue weighted by molar-refractivity contribution is -0.0378.